The first-order valence-corrected chi connectivity index (χ1v) is 11.3. The van der Waals surface area contributed by atoms with E-state index in [1.54, 1.807) is 36.4 Å². The maximum Gasteiger partial charge on any atom is 0.253 e. The normalized spacial score (nSPS) is 14.0. The van der Waals surface area contributed by atoms with Gasteiger partial charge < -0.3 is 20.9 Å². The van der Waals surface area contributed by atoms with E-state index >= 15 is 0 Å². The highest BCUT2D eigenvalue weighted by molar-refractivity contribution is 5.98. The van der Waals surface area contributed by atoms with Crippen LogP contribution in [-0.4, -0.2) is 48.8 Å². The first-order chi connectivity index (χ1) is 15.5. The second-order valence-corrected chi connectivity index (χ2v) is 8.29. The van der Waals surface area contributed by atoms with Gasteiger partial charge in [-0.25, -0.2) is 0 Å². The molecule has 2 aromatic rings. The predicted molar refractivity (Wildman–Crippen MR) is 127 cm³/mol. The van der Waals surface area contributed by atoms with Crippen molar-refractivity contribution in [1.29, 1.82) is 0 Å². The van der Waals surface area contributed by atoms with E-state index in [4.69, 9.17) is 0 Å². The highest BCUT2D eigenvalue weighted by Gasteiger charge is 2.21. The van der Waals surface area contributed by atoms with Gasteiger partial charge in [-0.3, -0.25) is 14.4 Å². The molecular formula is C25H32N4O3. The fourth-order valence-electron chi connectivity index (χ4n) is 3.62. The number of hydrogen-bond donors (Lipinski definition) is 3. The summed E-state index contributed by atoms with van der Waals surface area (Å²) in [6.07, 6.45) is 2.93. The molecule has 0 radical (unpaired) electrons. The van der Waals surface area contributed by atoms with Crippen molar-refractivity contribution in [2.45, 2.75) is 33.1 Å². The van der Waals surface area contributed by atoms with E-state index in [-0.39, 0.29) is 24.3 Å². The molecule has 0 unspecified atom stereocenters. The van der Waals surface area contributed by atoms with Crippen molar-refractivity contribution in [2.24, 2.45) is 5.92 Å². The minimum Gasteiger partial charge on any atom is -0.376 e. The van der Waals surface area contributed by atoms with E-state index in [1.165, 1.54) is 0 Å². The van der Waals surface area contributed by atoms with E-state index in [0.29, 0.717) is 35.0 Å². The number of rotatable bonds is 8. The fraction of sp³-hybridized carbons (Fsp3) is 0.400. The van der Waals surface area contributed by atoms with Crippen LogP contribution >= 0.6 is 0 Å². The Labute approximate surface area is 189 Å². The van der Waals surface area contributed by atoms with Gasteiger partial charge >= 0.3 is 0 Å². The third-order valence-electron chi connectivity index (χ3n) is 5.58. The summed E-state index contributed by atoms with van der Waals surface area (Å²) in [5.74, 6) is 0.295. The molecule has 3 amide bonds. The molecule has 1 saturated heterocycles. The average Bonchev–Trinajstić information content (AvgIpc) is 2.81. The molecule has 0 atom stereocenters. The summed E-state index contributed by atoms with van der Waals surface area (Å²) in [6.45, 7) is 6.44. The lowest BCUT2D eigenvalue weighted by molar-refractivity contribution is -0.114. The zero-order chi connectivity index (χ0) is 22.9. The van der Waals surface area contributed by atoms with Crippen LogP contribution < -0.4 is 16.0 Å². The third kappa shape index (κ3) is 6.57. The molecule has 1 aliphatic rings. The number of nitrogens with one attached hydrogen (secondary N) is 3. The fourth-order valence-corrected chi connectivity index (χ4v) is 3.62. The molecule has 2 aromatic carbocycles. The van der Waals surface area contributed by atoms with Crippen molar-refractivity contribution in [2.75, 3.05) is 36.8 Å². The first-order valence-electron chi connectivity index (χ1n) is 11.3. The number of likely N-dealkylation sites (tertiary alicyclic amines) is 1. The molecule has 170 valence electrons. The second-order valence-electron chi connectivity index (χ2n) is 8.29. The van der Waals surface area contributed by atoms with Crippen LogP contribution in [0.4, 0.5) is 11.4 Å². The second kappa shape index (κ2) is 11.3. The van der Waals surface area contributed by atoms with Gasteiger partial charge in [0.2, 0.25) is 5.91 Å². The summed E-state index contributed by atoms with van der Waals surface area (Å²) < 4.78 is 0. The molecule has 0 saturated carbocycles. The van der Waals surface area contributed by atoms with Crippen molar-refractivity contribution in [3.63, 3.8) is 0 Å². The largest absolute Gasteiger partial charge is 0.376 e. The van der Waals surface area contributed by atoms with E-state index in [9.17, 15) is 14.4 Å². The molecule has 1 heterocycles. The highest BCUT2D eigenvalue weighted by atomic mass is 16.2. The Hall–Kier alpha value is -3.35. The number of piperidine rings is 1. The number of anilines is 2. The van der Waals surface area contributed by atoms with Gasteiger partial charge in [-0.15, -0.1) is 0 Å². The quantitative estimate of drug-likeness (QED) is 0.588. The summed E-state index contributed by atoms with van der Waals surface area (Å²) in [7, 11) is 0. The number of carbonyl (C=O) groups excluding carboxylic acids is 3. The standard InChI is InChI=1S/C25H32N4O3/c1-3-12-26-24(31)19-6-4-9-22(15-19)28-23(30)17-27-21-8-5-7-20(16-21)25(32)29-13-10-18(2)11-14-29/h4-9,15-16,18,27H,3,10-14,17H2,1-2H3,(H,26,31)(H,28,30). The third-order valence-corrected chi connectivity index (χ3v) is 5.58. The number of amides is 3. The van der Waals surface area contributed by atoms with E-state index < -0.39 is 0 Å². The lowest BCUT2D eigenvalue weighted by Gasteiger charge is -2.30. The van der Waals surface area contributed by atoms with Crippen LogP contribution in [0.25, 0.3) is 0 Å². The van der Waals surface area contributed by atoms with Crippen LogP contribution in [0, 0.1) is 5.92 Å². The molecule has 1 aliphatic heterocycles. The summed E-state index contributed by atoms with van der Waals surface area (Å²) in [5, 5.41) is 8.69. The van der Waals surface area contributed by atoms with Crippen molar-refractivity contribution in [3.8, 4) is 0 Å². The van der Waals surface area contributed by atoms with Crippen LogP contribution in [-0.2, 0) is 4.79 Å². The molecule has 0 aliphatic carbocycles. The smallest absolute Gasteiger partial charge is 0.253 e. The molecular weight excluding hydrogens is 404 g/mol. The monoisotopic (exact) mass is 436 g/mol. The first kappa shape index (κ1) is 23.3. The topological polar surface area (TPSA) is 90.5 Å². The van der Waals surface area contributed by atoms with Gasteiger partial charge in [0.05, 0.1) is 6.54 Å². The van der Waals surface area contributed by atoms with Gasteiger partial charge in [0, 0.05) is 42.1 Å². The van der Waals surface area contributed by atoms with Gasteiger partial charge in [0.15, 0.2) is 0 Å². The van der Waals surface area contributed by atoms with Crippen LogP contribution in [0.2, 0.25) is 0 Å². The molecule has 32 heavy (non-hydrogen) atoms. The number of hydrogen-bond acceptors (Lipinski definition) is 4. The van der Waals surface area contributed by atoms with Crippen molar-refractivity contribution >= 4 is 29.1 Å². The zero-order valence-corrected chi connectivity index (χ0v) is 18.8. The Kier molecular flexibility index (Phi) is 8.25. The molecule has 3 N–H and O–H groups in total. The molecule has 0 spiro atoms. The van der Waals surface area contributed by atoms with Crippen molar-refractivity contribution in [1.82, 2.24) is 10.2 Å². The minimum atomic E-state index is -0.238. The van der Waals surface area contributed by atoms with Gasteiger partial charge in [-0.1, -0.05) is 26.0 Å². The molecule has 0 bridgehead atoms. The highest BCUT2D eigenvalue weighted by Crippen LogP contribution is 2.19. The SMILES string of the molecule is CCCNC(=O)c1cccc(NC(=O)CNc2cccc(C(=O)N3CCC(C)CC3)c2)c1. The minimum absolute atomic E-state index is 0.0307. The lowest BCUT2D eigenvalue weighted by atomic mass is 9.98. The Bertz CT molecular complexity index is 952. The zero-order valence-electron chi connectivity index (χ0n) is 18.8. The lowest BCUT2D eigenvalue weighted by Crippen LogP contribution is -2.37. The Morgan fingerprint density at radius 2 is 1.62 bits per heavy atom. The molecule has 3 rings (SSSR count). The van der Waals surface area contributed by atoms with E-state index in [2.05, 4.69) is 22.9 Å². The summed E-state index contributed by atoms with van der Waals surface area (Å²) in [5.41, 5.74) is 2.39. The summed E-state index contributed by atoms with van der Waals surface area (Å²) in [6, 6.07) is 14.1. The van der Waals surface area contributed by atoms with Crippen molar-refractivity contribution in [3.05, 3.63) is 59.7 Å². The maximum absolute atomic E-state index is 12.8. The van der Waals surface area contributed by atoms with Crippen molar-refractivity contribution < 1.29 is 14.4 Å². The van der Waals surface area contributed by atoms with Crippen LogP contribution in [0.5, 0.6) is 0 Å². The number of carbonyl (C=O) groups is 3. The molecule has 7 nitrogen and oxygen atoms in total. The maximum atomic E-state index is 12.8. The van der Waals surface area contributed by atoms with Crippen LogP contribution in [0.15, 0.2) is 48.5 Å². The Morgan fingerprint density at radius 1 is 0.969 bits per heavy atom. The molecule has 1 fully saturated rings. The summed E-state index contributed by atoms with van der Waals surface area (Å²) in [4.78, 5) is 39.2. The predicted octanol–water partition coefficient (Wildman–Crippen LogP) is 3.75. The van der Waals surface area contributed by atoms with Gasteiger partial charge in [0.1, 0.15) is 0 Å². The Balaban J connectivity index is 1.53. The molecule has 7 heteroatoms. The van der Waals surface area contributed by atoms with Crippen LogP contribution in [0.3, 0.4) is 0 Å². The number of benzene rings is 2. The number of nitrogens with zero attached hydrogens (tertiary/aromatic N) is 1. The molecule has 0 aromatic heterocycles. The summed E-state index contributed by atoms with van der Waals surface area (Å²) >= 11 is 0. The Morgan fingerprint density at radius 3 is 2.34 bits per heavy atom. The van der Waals surface area contributed by atoms with Gasteiger partial charge in [-0.05, 0) is 61.6 Å². The average molecular weight is 437 g/mol. The van der Waals surface area contributed by atoms with Crippen LogP contribution in [0.1, 0.15) is 53.8 Å². The van der Waals surface area contributed by atoms with Gasteiger partial charge in [-0.2, -0.15) is 0 Å². The van der Waals surface area contributed by atoms with E-state index in [1.807, 2.05) is 24.0 Å². The van der Waals surface area contributed by atoms with Gasteiger partial charge in [0.25, 0.3) is 11.8 Å². The van der Waals surface area contributed by atoms with E-state index in [0.717, 1.165) is 32.4 Å².